The molecule has 2 heterocycles. The van der Waals surface area contributed by atoms with E-state index in [1.807, 2.05) is 20.8 Å². The summed E-state index contributed by atoms with van der Waals surface area (Å²) in [5.74, 6) is -8.25. The van der Waals surface area contributed by atoms with Crippen molar-refractivity contribution in [1.82, 2.24) is 55.6 Å². The Balaban J connectivity index is 1.56. The minimum absolute atomic E-state index is 0.0404. The van der Waals surface area contributed by atoms with E-state index in [1.165, 1.54) is 63.1 Å². The van der Waals surface area contributed by atoms with E-state index in [1.54, 1.807) is 52.0 Å². The molecule has 0 unspecified atom stereocenters. The number of hydrogen-bond donors (Lipinski definition) is 4. The summed E-state index contributed by atoms with van der Waals surface area (Å²) in [5.41, 5.74) is -1.68. The number of alkyl halides is 3. The number of likely N-dealkylation sites (N-methyl/N-ethyl adjacent to an activating group) is 6. The highest BCUT2D eigenvalue weighted by atomic mass is 79.9. The highest BCUT2D eigenvalue weighted by Gasteiger charge is 2.49. The predicted octanol–water partition coefficient (Wildman–Crippen LogP) is 5.20. The molecule has 0 radical (unpaired) electrons. The molecule has 3 fully saturated rings. The largest absolute Gasteiger partial charge is 0.417 e. The maximum Gasteiger partial charge on any atom is 0.417 e. The molecule has 3 aliphatic rings. The first-order valence-electron chi connectivity index (χ1n) is 31.2. The van der Waals surface area contributed by atoms with E-state index in [0.29, 0.717) is 36.8 Å². The Morgan fingerprint density at radius 1 is 0.670 bits per heavy atom. The molecule has 5 rings (SSSR count). The molecule has 11 amide bonds. The quantitative estimate of drug-likeness (QED) is 0.240. The van der Waals surface area contributed by atoms with Gasteiger partial charge in [0.1, 0.15) is 41.8 Å². The van der Waals surface area contributed by atoms with Crippen molar-refractivity contribution in [2.45, 2.75) is 180 Å². The zero-order valence-corrected chi connectivity index (χ0v) is 57.0. The number of rotatable bonds is 10. The highest BCUT2D eigenvalue weighted by molar-refractivity contribution is 9.10. The molecule has 1 aliphatic carbocycles. The minimum Gasteiger partial charge on any atom is -0.351 e. The van der Waals surface area contributed by atoms with Crippen LogP contribution in [-0.2, 0) is 71.8 Å². The van der Waals surface area contributed by atoms with Crippen molar-refractivity contribution in [1.29, 1.82) is 0 Å². The summed E-state index contributed by atoms with van der Waals surface area (Å²) in [5, 5.41) is 10.9. The molecule has 4 N–H and O–H groups in total. The molecule has 2 aromatic carbocycles. The molecule has 2 aliphatic heterocycles. The van der Waals surface area contributed by atoms with Gasteiger partial charge in [0.15, 0.2) is 0 Å². The summed E-state index contributed by atoms with van der Waals surface area (Å²) in [6.45, 7) is 10.7. The molecule has 2 saturated heterocycles. The number of carbonyl (C=O) groups excluding carboxylic acids is 11. The Kier molecular flexibility index (Phi) is 26.9. The molecule has 2 aromatic rings. The van der Waals surface area contributed by atoms with Crippen molar-refractivity contribution >= 4 is 92.5 Å². The van der Waals surface area contributed by atoms with Crippen LogP contribution in [0.3, 0.4) is 0 Å². The van der Waals surface area contributed by atoms with Crippen molar-refractivity contribution in [3.63, 3.8) is 0 Å². The van der Waals surface area contributed by atoms with E-state index in [-0.39, 0.29) is 63.8 Å². The number of hydrogen-bond acceptors (Lipinski definition) is 11. The zero-order valence-electron chi connectivity index (χ0n) is 54.6. The lowest BCUT2D eigenvalue weighted by Gasteiger charge is -2.39. The summed E-state index contributed by atoms with van der Waals surface area (Å²) < 4.78 is 42.0. The van der Waals surface area contributed by atoms with E-state index in [4.69, 9.17) is 11.6 Å². The van der Waals surface area contributed by atoms with Gasteiger partial charge >= 0.3 is 6.18 Å². The van der Waals surface area contributed by atoms with E-state index >= 15 is 0 Å². The molecule has 8 atom stereocenters. The van der Waals surface area contributed by atoms with Crippen LogP contribution in [0, 0.1) is 17.8 Å². The van der Waals surface area contributed by atoms with Gasteiger partial charge in [-0.3, -0.25) is 52.7 Å². The van der Waals surface area contributed by atoms with Gasteiger partial charge in [-0.2, -0.15) is 13.2 Å². The molecule has 91 heavy (non-hydrogen) atoms. The average molecular weight is 1360 g/mol. The van der Waals surface area contributed by atoms with Gasteiger partial charge < -0.3 is 55.6 Å². The summed E-state index contributed by atoms with van der Waals surface area (Å²) in [6, 6.07) is 2.03. The number of benzene rings is 2. The topological polar surface area (TPSA) is 259 Å². The third-order valence-corrected chi connectivity index (χ3v) is 18.5. The highest BCUT2D eigenvalue weighted by Crippen LogP contribution is 2.36. The average Bonchev–Trinajstić information content (AvgIpc) is 1.75. The monoisotopic (exact) mass is 1360 g/mol. The first-order valence-corrected chi connectivity index (χ1v) is 32.3. The van der Waals surface area contributed by atoms with Gasteiger partial charge in [0.2, 0.25) is 65.0 Å². The van der Waals surface area contributed by atoms with Crippen molar-refractivity contribution < 1.29 is 65.9 Å². The number of nitrogens with one attached hydrogen (secondary N) is 4. The predicted molar refractivity (Wildman–Crippen MR) is 339 cm³/mol. The van der Waals surface area contributed by atoms with Crippen molar-refractivity contribution in [3.8, 4) is 0 Å². The molecule has 1 spiro atoms. The smallest absolute Gasteiger partial charge is 0.351 e. The lowest BCUT2D eigenvalue weighted by molar-refractivity contribution is -0.149. The molecular weight excluding hydrogens is 1270 g/mol. The van der Waals surface area contributed by atoms with Crippen molar-refractivity contribution in [3.05, 3.63) is 68.7 Å². The SMILES string of the molecule is CC[C@H](C)[C@@H]1NC(=O)[C@H](CC(C)C)N(C)C(=O)C[C@@H](C)NC(=O)[C@H](C(C)C)N(C)C(=O)C2(CCCC2)NC(=O)[C@@H]2CCCN2C(=O)[C@H](CCc2ccc(C(F)(F)F)c(Cl)c2)NC(=O)CN(C)C(=O)[C@H](Cc2ccc(Br)cc2)N(C)C(=O)CN(C)C(=O)CN(C)C1=O. The van der Waals surface area contributed by atoms with Gasteiger partial charge in [0.05, 0.1) is 30.2 Å². The molecule has 1 saturated carbocycles. The van der Waals surface area contributed by atoms with Crippen LogP contribution in [0.5, 0.6) is 0 Å². The Morgan fingerprint density at radius 2 is 1.26 bits per heavy atom. The Morgan fingerprint density at radius 3 is 1.85 bits per heavy atom. The first-order chi connectivity index (χ1) is 42.5. The van der Waals surface area contributed by atoms with Gasteiger partial charge in [0, 0.05) is 72.2 Å². The van der Waals surface area contributed by atoms with Crippen LogP contribution in [0.15, 0.2) is 46.9 Å². The summed E-state index contributed by atoms with van der Waals surface area (Å²) in [4.78, 5) is 168. The van der Waals surface area contributed by atoms with E-state index in [9.17, 15) is 65.9 Å². The number of carbonyl (C=O) groups is 11. The second kappa shape index (κ2) is 32.6. The van der Waals surface area contributed by atoms with E-state index in [0.717, 1.165) is 36.2 Å². The summed E-state index contributed by atoms with van der Waals surface area (Å²) in [7, 11) is 8.35. The number of amides is 11. The lowest BCUT2D eigenvalue weighted by Crippen LogP contribution is -2.64. The molecule has 504 valence electrons. The maximum atomic E-state index is 15.0. The number of nitrogens with zero attached hydrogens (tertiary/aromatic N) is 7. The van der Waals surface area contributed by atoms with E-state index in [2.05, 4.69) is 37.2 Å². The third kappa shape index (κ3) is 19.6. The second-order valence-electron chi connectivity index (χ2n) is 25.7. The van der Waals surface area contributed by atoms with Crippen LogP contribution in [0.2, 0.25) is 5.02 Å². The summed E-state index contributed by atoms with van der Waals surface area (Å²) in [6.07, 6.45) is -2.80. The van der Waals surface area contributed by atoms with Gasteiger partial charge in [-0.25, -0.2) is 0 Å². The second-order valence-corrected chi connectivity index (χ2v) is 27.0. The normalized spacial score (nSPS) is 24.9. The fourth-order valence-electron chi connectivity index (χ4n) is 12.1. The Labute approximate surface area is 545 Å². The molecular formula is C64H92BrClF3N11O11. The van der Waals surface area contributed by atoms with Crippen molar-refractivity contribution in [2.24, 2.45) is 17.8 Å². The Bertz CT molecular complexity index is 2990. The van der Waals surface area contributed by atoms with Gasteiger partial charge in [0.25, 0.3) is 0 Å². The van der Waals surface area contributed by atoms with Crippen molar-refractivity contribution in [2.75, 3.05) is 68.5 Å². The third-order valence-electron chi connectivity index (χ3n) is 17.7. The fraction of sp³-hybridized carbons (Fsp3) is 0.641. The van der Waals surface area contributed by atoms with Gasteiger partial charge in [-0.1, -0.05) is 107 Å². The standard InChI is InChI=1S/C64H92BrClF3N11O11/c1-14-39(6)54-61(90)76(10)35-52(83)74(8)36-53(84)78(12)49(33-42-19-23-43(65)24-20-42)60(89)75(9)34-50(81)71-46(26-22-41-21-25-44(45(66)32-41)64(67,68)69)59(88)80-29-17-18-47(80)57(86)73-63(27-15-16-28-63)62(91)79(13)55(38(4)5)58(87)70-40(7)31-51(82)77(11)48(30-37(2)3)56(85)72-54/h19-21,23-25,32,37-40,46-49,54-55H,14-18,22,26-31,33-36H2,1-13H3,(H,70,87)(H,71,81)(H,72,85)(H,73,86)/t39-,40+,46-,47-,48-,49-,54-,55-/m0/s1. The van der Waals surface area contributed by atoms with Crippen LogP contribution < -0.4 is 21.3 Å². The summed E-state index contributed by atoms with van der Waals surface area (Å²) >= 11 is 9.51. The molecule has 27 heteroatoms. The van der Waals surface area contributed by atoms with Gasteiger partial charge in [-0.15, -0.1) is 0 Å². The Hall–Kier alpha value is -6.83. The first kappa shape index (κ1) is 74.9. The molecule has 0 bridgehead atoms. The molecule has 22 nitrogen and oxygen atoms in total. The number of fused-ring (bicyclic) bond motifs is 1. The fourth-order valence-corrected chi connectivity index (χ4v) is 12.7. The van der Waals surface area contributed by atoms with E-state index < -0.39 is 161 Å². The van der Waals surface area contributed by atoms with Crippen LogP contribution in [0.1, 0.15) is 129 Å². The van der Waals surface area contributed by atoms with Crippen LogP contribution in [0.25, 0.3) is 0 Å². The molecule has 0 aromatic heterocycles. The maximum absolute atomic E-state index is 15.0. The van der Waals surface area contributed by atoms with Gasteiger partial charge in [-0.05, 0) is 105 Å². The zero-order chi connectivity index (χ0) is 68.1. The van der Waals surface area contributed by atoms with Crippen LogP contribution >= 0.6 is 27.5 Å². The number of halogens is 5. The van der Waals surface area contributed by atoms with Crippen LogP contribution in [0.4, 0.5) is 13.2 Å². The van der Waals surface area contributed by atoms with Crippen LogP contribution in [-0.4, -0.2) is 216 Å². The minimum atomic E-state index is -4.76. The number of aryl methyl sites for hydroxylation is 1. The lowest BCUT2D eigenvalue weighted by atomic mass is 9.92.